The Morgan fingerprint density at radius 2 is 1.71 bits per heavy atom. The van der Waals surface area contributed by atoms with Crippen LogP contribution in [0.25, 0.3) is 22.0 Å². The molecule has 0 aliphatic carbocycles. The fourth-order valence-electron chi connectivity index (χ4n) is 4.42. The Bertz CT molecular complexity index is 1430. The van der Waals surface area contributed by atoms with Crippen LogP contribution in [-0.2, 0) is 19.6 Å². The minimum atomic E-state index is -0.937. The zero-order valence-electron chi connectivity index (χ0n) is 19.5. The molecule has 2 heterocycles. The van der Waals surface area contributed by atoms with E-state index >= 15 is 0 Å². The van der Waals surface area contributed by atoms with E-state index in [1.165, 1.54) is 12.1 Å². The van der Waals surface area contributed by atoms with Gasteiger partial charge in [-0.25, -0.2) is 18.7 Å². The van der Waals surface area contributed by atoms with Gasteiger partial charge in [-0.3, -0.25) is 4.79 Å². The molecule has 8 heteroatoms. The van der Waals surface area contributed by atoms with Crippen LogP contribution < -0.4 is 11.1 Å². The highest BCUT2D eigenvalue weighted by Gasteiger charge is 2.27. The lowest BCUT2D eigenvalue weighted by atomic mass is 9.97. The van der Waals surface area contributed by atoms with Gasteiger partial charge < -0.3 is 16.0 Å². The van der Waals surface area contributed by atoms with E-state index in [-0.39, 0.29) is 23.6 Å². The van der Waals surface area contributed by atoms with E-state index in [4.69, 9.17) is 5.73 Å². The fourth-order valence-corrected chi connectivity index (χ4v) is 4.42. The Kier molecular flexibility index (Phi) is 5.90. The number of halogens is 2. The van der Waals surface area contributed by atoms with Crippen LogP contribution in [0.1, 0.15) is 41.0 Å². The maximum atomic E-state index is 14.3. The molecule has 1 aromatic heterocycles. The van der Waals surface area contributed by atoms with Gasteiger partial charge in [0.25, 0.3) is 5.91 Å². The average molecular weight is 474 g/mol. The van der Waals surface area contributed by atoms with Crippen LogP contribution in [0.3, 0.4) is 0 Å². The summed E-state index contributed by atoms with van der Waals surface area (Å²) in [6.45, 7) is 5.28. The zero-order valence-corrected chi connectivity index (χ0v) is 19.5. The van der Waals surface area contributed by atoms with Crippen molar-refractivity contribution in [2.24, 2.45) is 0 Å². The van der Waals surface area contributed by atoms with Crippen molar-refractivity contribution in [1.82, 2.24) is 20.2 Å². The number of nitrogens with zero attached hydrogens (tertiary/aromatic N) is 3. The van der Waals surface area contributed by atoms with Crippen molar-refractivity contribution in [1.29, 1.82) is 0 Å². The quantitative estimate of drug-likeness (QED) is 0.435. The Morgan fingerprint density at radius 1 is 1.03 bits per heavy atom. The lowest BCUT2D eigenvalue weighted by Gasteiger charge is -2.17. The van der Waals surface area contributed by atoms with Gasteiger partial charge in [-0.1, -0.05) is 44.2 Å². The number of benzene rings is 3. The number of aromatic nitrogens is 2. The molecule has 4 aromatic rings. The van der Waals surface area contributed by atoms with Gasteiger partial charge in [0.15, 0.2) is 11.6 Å². The van der Waals surface area contributed by atoms with E-state index in [9.17, 15) is 13.6 Å². The largest absolute Gasteiger partial charge is 0.368 e. The number of hydrogen-bond donors (Lipinski definition) is 2. The summed E-state index contributed by atoms with van der Waals surface area (Å²) in [6, 6.07) is 15.7. The summed E-state index contributed by atoms with van der Waals surface area (Å²) in [5, 5.41) is 3.75. The molecule has 5 rings (SSSR count). The van der Waals surface area contributed by atoms with E-state index in [1.807, 2.05) is 38.1 Å². The van der Waals surface area contributed by atoms with Crippen molar-refractivity contribution in [3.8, 4) is 11.1 Å². The smallest absolute Gasteiger partial charge is 0.273 e. The second-order valence-electron chi connectivity index (χ2n) is 9.05. The molecule has 3 aromatic carbocycles. The van der Waals surface area contributed by atoms with Crippen molar-refractivity contribution in [3.05, 3.63) is 88.6 Å². The van der Waals surface area contributed by atoms with Crippen LogP contribution in [0, 0.1) is 11.6 Å². The highest BCUT2D eigenvalue weighted by Crippen LogP contribution is 2.31. The Balaban J connectivity index is 1.59. The predicted octanol–water partition coefficient (Wildman–Crippen LogP) is 4.81. The summed E-state index contributed by atoms with van der Waals surface area (Å²) < 4.78 is 28.3. The molecule has 0 saturated carbocycles. The third-order valence-corrected chi connectivity index (χ3v) is 6.20. The lowest BCUT2D eigenvalue weighted by molar-refractivity contribution is 0.0747. The van der Waals surface area contributed by atoms with Crippen LogP contribution in [0.15, 0.2) is 54.6 Å². The van der Waals surface area contributed by atoms with E-state index in [0.717, 1.165) is 11.1 Å². The molecule has 0 radical (unpaired) electrons. The first-order valence-corrected chi connectivity index (χ1v) is 11.4. The third kappa shape index (κ3) is 4.44. The first-order valence-electron chi connectivity index (χ1n) is 11.4. The number of amides is 1. The number of rotatable bonds is 5. The van der Waals surface area contributed by atoms with E-state index in [0.29, 0.717) is 47.2 Å². The van der Waals surface area contributed by atoms with Gasteiger partial charge in [0.1, 0.15) is 5.69 Å². The predicted molar refractivity (Wildman–Crippen MR) is 131 cm³/mol. The molecule has 1 aliphatic heterocycles. The molecule has 0 saturated heterocycles. The number of nitrogen functional groups attached to an aromatic ring is 1. The summed E-state index contributed by atoms with van der Waals surface area (Å²) in [5.41, 5.74) is 10.6. The number of anilines is 1. The monoisotopic (exact) mass is 473 g/mol. The van der Waals surface area contributed by atoms with Crippen molar-refractivity contribution < 1.29 is 13.6 Å². The maximum Gasteiger partial charge on any atom is 0.273 e. The number of nitrogens with two attached hydrogens (primary N) is 1. The number of nitrogens with one attached hydrogen (secondary N) is 1. The summed E-state index contributed by atoms with van der Waals surface area (Å²) in [4.78, 5) is 23.8. The molecule has 0 bridgehead atoms. The van der Waals surface area contributed by atoms with Crippen LogP contribution in [0.2, 0.25) is 0 Å². The third-order valence-electron chi connectivity index (χ3n) is 6.20. The summed E-state index contributed by atoms with van der Waals surface area (Å²) in [5.74, 6) is -2.10. The van der Waals surface area contributed by atoms with E-state index in [2.05, 4.69) is 15.3 Å². The first kappa shape index (κ1) is 22.9. The van der Waals surface area contributed by atoms with Gasteiger partial charge in [0, 0.05) is 31.1 Å². The molecule has 0 fully saturated rings. The zero-order chi connectivity index (χ0) is 24.7. The minimum Gasteiger partial charge on any atom is -0.368 e. The average Bonchev–Trinajstić information content (AvgIpc) is 3.27. The number of hydrogen-bond acceptors (Lipinski definition) is 5. The highest BCUT2D eigenvalue weighted by atomic mass is 19.2. The van der Waals surface area contributed by atoms with Crippen molar-refractivity contribution in [3.63, 3.8) is 0 Å². The van der Waals surface area contributed by atoms with Crippen LogP contribution in [0.5, 0.6) is 0 Å². The van der Waals surface area contributed by atoms with E-state index in [1.54, 1.807) is 23.1 Å². The Hall–Kier alpha value is -3.91. The molecule has 0 spiro atoms. The van der Waals surface area contributed by atoms with Gasteiger partial charge >= 0.3 is 0 Å². The summed E-state index contributed by atoms with van der Waals surface area (Å²) in [6.07, 6.45) is 0. The molecule has 1 amide bonds. The van der Waals surface area contributed by atoms with Gasteiger partial charge in [-0.15, -0.1) is 0 Å². The van der Waals surface area contributed by atoms with Gasteiger partial charge in [-0.2, -0.15) is 0 Å². The van der Waals surface area contributed by atoms with Crippen LogP contribution in [0.4, 0.5) is 14.7 Å². The molecule has 6 nitrogen and oxygen atoms in total. The minimum absolute atomic E-state index is 0.0000369. The molecule has 35 heavy (non-hydrogen) atoms. The molecular weight excluding hydrogens is 448 g/mol. The van der Waals surface area contributed by atoms with Crippen LogP contribution in [-0.4, -0.2) is 26.8 Å². The number of fused-ring (bicyclic) bond motifs is 2. The lowest BCUT2D eigenvalue weighted by Crippen LogP contribution is -2.27. The van der Waals surface area contributed by atoms with Gasteiger partial charge in [0.2, 0.25) is 5.95 Å². The molecule has 3 N–H and O–H groups in total. The molecule has 0 atom stereocenters. The Morgan fingerprint density at radius 3 is 2.40 bits per heavy atom. The highest BCUT2D eigenvalue weighted by molar-refractivity contribution is 6.06. The topological polar surface area (TPSA) is 84.1 Å². The van der Waals surface area contributed by atoms with E-state index < -0.39 is 11.6 Å². The summed E-state index contributed by atoms with van der Waals surface area (Å²) >= 11 is 0. The number of carbonyl (C=O) groups is 1. The van der Waals surface area contributed by atoms with Crippen molar-refractivity contribution in [2.45, 2.75) is 39.5 Å². The van der Waals surface area contributed by atoms with Gasteiger partial charge in [0.05, 0.1) is 5.52 Å². The van der Waals surface area contributed by atoms with Crippen molar-refractivity contribution >= 4 is 22.8 Å². The second-order valence-corrected chi connectivity index (χ2v) is 9.05. The standard InChI is InChI=1S/C27H25F2N5O/c1-15(2)31-12-19-10-22(28)23(29)11-20(19)16-7-8-24-21(9-16)25(33-27(30)32-24)26(35)34-13-17-5-3-4-6-18(17)14-34/h3-11,15,31H,12-14H2,1-2H3,(H2,30,32,33). The Labute approximate surface area is 201 Å². The second kappa shape index (κ2) is 9.03. The molecule has 178 valence electrons. The summed E-state index contributed by atoms with van der Waals surface area (Å²) in [7, 11) is 0. The maximum absolute atomic E-state index is 14.3. The fraction of sp³-hybridized carbons (Fsp3) is 0.222. The normalized spacial score (nSPS) is 13.0. The van der Waals surface area contributed by atoms with Gasteiger partial charge in [-0.05, 0) is 52.1 Å². The SMILES string of the molecule is CC(C)NCc1cc(F)c(F)cc1-c1ccc2nc(N)nc(C(=O)N3Cc4ccccc4C3)c2c1. The molecular formula is C27H25F2N5O. The molecule has 1 aliphatic rings. The van der Waals surface area contributed by atoms with Crippen LogP contribution >= 0.6 is 0 Å². The van der Waals surface area contributed by atoms with Crippen molar-refractivity contribution in [2.75, 3.05) is 5.73 Å². The first-order chi connectivity index (χ1) is 16.8. The molecule has 0 unspecified atom stereocenters. The number of carbonyl (C=O) groups excluding carboxylic acids is 1.